The first-order valence-corrected chi connectivity index (χ1v) is 6.11. The molecular weight excluding hydrogens is 180 g/mol. The largest absolute Gasteiger partial charge is 0.288 e. The molecule has 1 rings (SSSR count). The third-order valence-electron chi connectivity index (χ3n) is 2.98. The van der Waals surface area contributed by atoms with Gasteiger partial charge in [-0.2, -0.15) is 0 Å². The normalized spacial score (nSPS) is 23.0. The summed E-state index contributed by atoms with van der Waals surface area (Å²) in [6, 6.07) is 0. The topological polar surface area (TPSA) is 17.1 Å². The Bertz CT molecular complexity index is 177. The lowest BCUT2D eigenvalue weighted by atomic mass is 9.74. The highest BCUT2D eigenvalue weighted by atomic mass is 32.2. The van der Waals surface area contributed by atoms with Gasteiger partial charge in [0.05, 0.1) is 0 Å². The van der Waals surface area contributed by atoms with Crippen LogP contribution in [0.15, 0.2) is 0 Å². The van der Waals surface area contributed by atoms with Crippen molar-refractivity contribution in [2.75, 3.05) is 5.75 Å². The van der Waals surface area contributed by atoms with Gasteiger partial charge in [0.15, 0.2) is 5.12 Å². The fourth-order valence-electron chi connectivity index (χ4n) is 1.86. The van der Waals surface area contributed by atoms with Crippen LogP contribution in [0, 0.1) is 11.3 Å². The molecule has 13 heavy (non-hydrogen) atoms. The Hall–Kier alpha value is 0.0200. The SMILES string of the molecule is CC(=O)SCC1CCC(C)(C)CC1. The Labute approximate surface area is 85.7 Å². The van der Waals surface area contributed by atoms with E-state index in [0.29, 0.717) is 5.41 Å². The molecule has 0 aromatic carbocycles. The summed E-state index contributed by atoms with van der Waals surface area (Å²) in [6.45, 7) is 6.36. The molecule has 0 saturated heterocycles. The molecule has 0 aliphatic heterocycles. The third kappa shape index (κ3) is 4.17. The first kappa shape index (κ1) is 11.1. The lowest BCUT2D eigenvalue weighted by Crippen LogP contribution is -2.22. The summed E-state index contributed by atoms with van der Waals surface area (Å²) < 4.78 is 0. The number of carbonyl (C=O) groups is 1. The molecule has 1 saturated carbocycles. The van der Waals surface area contributed by atoms with E-state index in [1.807, 2.05) is 0 Å². The van der Waals surface area contributed by atoms with Gasteiger partial charge in [0, 0.05) is 12.7 Å². The van der Waals surface area contributed by atoms with Crippen LogP contribution < -0.4 is 0 Å². The third-order valence-corrected chi connectivity index (χ3v) is 4.03. The first-order chi connectivity index (χ1) is 5.99. The second-order valence-electron chi connectivity index (χ2n) is 4.91. The van der Waals surface area contributed by atoms with Crippen LogP contribution in [0.4, 0.5) is 0 Å². The molecule has 0 atom stereocenters. The predicted octanol–water partition coefficient (Wildman–Crippen LogP) is 3.48. The van der Waals surface area contributed by atoms with Crippen LogP contribution >= 0.6 is 11.8 Å². The van der Waals surface area contributed by atoms with Crippen LogP contribution in [0.5, 0.6) is 0 Å². The molecule has 0 radical (unpaired) electrons. The van der Waals surface area contributed by atoms with Crippen molar-refractivity contribution in [1.82, 2.24) is 0 Å². The van der Waals surface area contributed by atoms with Crippen LogP contribution in [0.1, 0.15) is 46.5 Å². The van der Waals surface area contributed by atoms with Gasteiger partial charge < -0.3 is 0 Å². The molecule has 0 spiro atoms. The average Bonchev–Trinajstić information content (AvgIpc) is 2.02. The molecule has 1 fully saturated rings. The van der Waals surface area contributed by atoms with Crippen LogP contribution in [-0.2, 0) is 4.79 Å². The minimum absolute atomic E-state index is 0.268. The molecule has 0 unspecified atom stereocenters. The van der Waals surface area contributed by atoms with Gasteiger partial charge in [0.25, 0.3) is 0 Å². The molecule has 0 heterocycles. The molecule has 1 nitrogen and oxygen atoms in total. The molecule has 0 N–H and O–H groups in total. The van der Waals surface area contributed by atoms with Crippen molar-refractivity contribution in [3.05, 3.63) is 0 Å². The highest BCUT2D eigenvalue weighted by Gasteiger charge is 2.26. The van der Waals surface area contributed by atoms with E-state index in [2.05, 4.69) is 13.8 Å². The van der Waals surface area contributed by atoms with Crippen molar-refractivity contribution in [2.45, 2.75) is 46.5 Å². The van der Waals surface area contributed by atoms with E-state index in [0.717, 1.165) is 11.7 Å². The molecule has 76 valence electrons. The Balaban J connectivity index is 2.21. The summed E-state index contributed by atoms with van der Waals surface area (Å²) in [5.41, 5.74) is 0.553. The first-order valence-electron chi connectivity index (χ1n) is 5.13. The number of hydrogen-bond acceptors (Lipinski definition) is 2. The molecule has 0 aromatic rings. The lowest BCUT2D eigenvalue weighted by molar-refractivity contribution is -0.109. The van der Waals surface area contributed by atoms with E-state index < -0.39 is 0 Å². The van der Waals surface area contributed by atoms with Crippen molar-refractivity contribution < 1.29 is 4.79 Å². The number of hydrogen-bond donors (Lipinski definition) is 0. The zero-order valence-corrected chi connectivity index (χ0v) is 9.75. The van der Waals surface area contributed by atoms with Gasteiger partial charge >= 0.3 is 0 Å². The second-order valence-corrected chi connectivity index (χ2v) is 6.11. The maximum atomic E-state index is 10.8. The summed E-state index contributed by atoms with van der Waals surface area (Å²) >= 11 is 1.50. The number of rotatable bonds is 2. The van der Waals surface area contributed by atoms with Gasteiger partial charge in [-0.05, 0) is 37.0 Å². The van der Waals surface area contributed by atoms with E-state index in [9.17, 15) is 4.79 Å². The number of carbonyl (C=O) groups excluding carboxylic acids is 1. The van der Waals surface area contributed by atoms with Crippen LogP contribution in [0.25, 0.3) is 0 Å². The molecule has 1 aliphatic carbocycles. The van der Waals surface area contributed by atoms with Crippen LogP contribution in [0.2, 0.25) is 0 Å². The smallest absolute Gasteiger partial charge is 0.185 e. The van der Waals surface area contributed by atoms with E-state index in [1.54, 1.807) is 6.92 Å². The highest BCUT2D eigenvalue weighted by molar-refractivity contribution is 8.13. The zero-order chi connectivity index (χ0) is 9.90. The van der Waals surface area contributed by atoms with E-state index in [4.69, 9.17) is 0 Å². The fourth-order valence-corrected chi connectivity index (χ4v) is 2.66. The Morgan fingerprint density at radius 3 is 2.38 bits per heavy atom. The lowest BCUT2D eigenvalue weighted by Gasteiger charge is -2.33. The Morgan fingerprint density at radius 2 is 1.92 bits per heavy atom. The average molecular weight is 200 g/mol. The molecule has 1 aliphatic rings. The molecule has 0 bridgehead atoms. The van der Waals surface area contributed by atoms with Crippen LogP contribution in [-0.4, -0.2) is 10.9 Å². The second kappa shape index (κ2) is 4.50. The van der Waals surface area contributed by atoms with Gasteiger partial charge in [-0.3, -0.25) is 4.79 Å². The van der Waals surface area contributed by atoms with Crippen molar-refractivity contribution in [2.24, 2.45) is 11.3 Å². The quantitative estimate of drug-likeness (QED) is 0.679. The van der Waals surface area contributed by atoms with Crippen molar-refractivity contribution in [1.29, 1.82) is 0 Å². The standard InChI is InChI=1S/C11H20OS/c1-9(12)13-8-10-4-6-11(2,3)7-5-10/h10H,4-8H2,1-3H3. The van der Waals surface area contributed by atoms with Gasteiger partial charge in [0.1, 0.15) is 0 Å². The summed E-state index contributed by atoms with van der Waals surface area (Å²) in [6.07, 6.45) is 5.28. The van der Waals surface area contributed by atoms with Crippen molar-refractivity contribution in [3.63, 3.8) is 0 Å². The molecule has 2 heteroatoms. The van der Waals surface area contributed by atoms with Gasteiger partial charge in [0.2, 0.25) is 0 Å². The molecular formula is C11H20OS. The summed E-state index contributed by atoms with van der Waals surface area (Å²) in [5.74, 6) is 1.84. The monoisotopic (exact) mass is 200 g/mol. The molecule has 0 aromatic heterocycles. The Kier molecular flexibility index (Phi) is 3.84. The van der Waals surface area contributed by atoms with Gasteiger partial charge in [-0.15, -0.1) is 0 Å². The molecule has 0 amide bonds. The minimum atomic E-state index is 0.268. The zero-order valence-electron chi connectivity index (χ0n) is 8.93. The fraction of sp³-hybridized carbons (Fsp3) is 0.909. The predicted molar refractivity (Wildman–Crippen MR) is 58.9 cm³/mol. The van der Waals surface area contributed by atoms with Crippen LogP contribution in [0.3, 0.4) is 0 Å². The van der Waals surface area contributed by atoms with Crippen molar-refractivity contribution in [3.8, 4) is 0 Å². The summed E-state index contributed by atoms with van der Waals surface area (Å²) in [4.78, 5) is 10.8. The van der Waals surface area contributed by atoms with Crippen molar-refractivity contribution >= 4 is 16.9 Å². The maximum absolute atomic E-state index is 10.8. The summed E-state index contributed by atoms with van der Waals surface area (Å²) in [5, 5.41) is 0.268. The van der Waals surface area contributed by atoms with E-state index >= 15 is 0 Å². The van der Waals surface area contributed by atoms with E-state index in [1.165, 1.54) is 37.4 Å². The number of thioether (sulfide) groups is 1. The maximum Gasteiger partial charge on any atom is 0.185 e. The van der Waals surface area contributed by atoms with Gasteiger partial charge in [-0.1, -0.05) is 25.6 Å². The highest BCUT2D eigenvalue weighted by Crippen LogP contribution is 2.38. The Morgan fingerprint density at radius 1 is 1.38 bits per heavy atom. The van der Waals surface area contributed by atoms with E-state index in [-0.39, 0.29) is 5.12 Å². The summed E-state index contributed by atoms with van der Waals surface area (Å²) in [7, 11) is 0. The minimum Gasteiger partial charge on any atom is -0.288 e. The van der Waals surface area contributed by atoms with Gasteiger partial charge in [-0.25, -0.2) is 0 Å².